The molecule has 3 atom stereocenters. The predicted molar refractivity (Wildman–Crippen MR) is 85.1 cm³/mol. The molecule has 0 bridgehead atoms. The summed E-state index contributed by atoms with van der Waals surface area (Å²) in [5, 5.41) is 3.75. The topological polar surface area (TPSA) is 24.5 Å². The molecular formula is C17H34N2O. The summed E-state index contributed by atoms with van der Waals surface area (Å²) in [4.78, 5) is 2.78. The van der Waals surface area contributed by atoms with E-state index in [-0.39, 0.29) is 0 Å². The van der Waals surface area contributed by atoms with E-state index in [0.717, 1.165) is 37.1 Å². The molecule has 0 aromatic rings. The summed E-state index contributed by atoms with van der Waals surface area (Å²) >= 11 is 0. The largest absolute Gasteiger partial charge is 0.384 e. The highest BCUT2D eigenvalue weighted by Crippen LogP contribution is 2.32. The third-order valence-corrected chi connectivity index (χ3v) is 5.49. The lowest BCUT2D eigenvalue weighted by molar-refractivity contribution is 0.0441. The lowest BCUT2D eigenvalue weighted by Crippen LogP contribution is -2.55. The van der Waals surface area contributed by atoms with E-state index in [1.54, 1.807) is 0 Å². The number of methoxy groups -OCH3 is 1. The second kappa shape index (κ2) is 8.35. The predicted octanol–water partition coefficient (Wildman–Crippen LogP) is 2.90. The van der Waals surface area contributed by atoms with Crippen LogP contribution in [0.1, 0.15) is 52.4 Å². The van der Waals surface area contributed by atoms with Crippen molar-refractivity contribution in [1.29, 1.82) is 0 Å². The Kier molecular flexibility index (Phi) is 6.79. The fourth-order valence-corrected chi connectivity index (χ4v) is 4.19. The van der Waals surface area contributed by atoms with Gasteiger partial charge in [-0.1, -0.05) is 20.3 Å². The number of likely N-dealkylation sites (tertiary alicyclic amines) is 1. The summed E-state index contributed by atoms with van der Waals surface area (Å²) in [6, 6.07) is 1.50. The number of ether oxygens (including phenoxy) is 1. The number of hydrogen-bond donors (Lipinski definition) is 1. The monoisotopic (exact) mass is 282 g/mol. The van der Waals surface area contributed by atoms with E-state index >= 15 is 0 Å². The Labute approximate surface area is 125 Å². The second-order valence-electron chi connectivity index (χ2n) is 6.75. The van der Waals surface area contributed by atoms with Crippen LogP contribution in [0, 0.1) is 11.8 Å². The average molecular weight is 282 g/mol. The first kappa shape index (κ1) is 16.3. The van der Waals surface area contributed by atoms with Gasteiger partial charge in [-0.05, 0) is 63.6 Å². The van der Waals surface area contributed by atoms with E-state index in [0.29, 0.717) is 0 Å². The van der Waals surface area contributed by atoms with Crippen LogP contribution in [-0.2, 0) is 4.74 Å². The molecule has 0 radical (unpaired) electrons. The summed E-state index contributed by atoms with van der Waals surface area (Å²) in [7, 11) is 1.83. The summed E-state index contributed by atoms with van der Waals surface area (Å²) < 4.78 is 5.33. The molecule has 118 valence electrons. The minimum absolute atomic E-state index is 0.724. The van der Waals surface area contributed by atoms with Gasteiger partial charge >= 0.3 is 0 Å². The molecule has 1 saturated heterocycles. The maximum atomic E-state index is 5.33. The number of hydrogen-bond acceptors (Lipinski definition) is 3. The van der Waals surface area contributed by atoms with Crippen LogP contribution in [0.3, 0.4) is 0 Å². The van der Waals surface area contributed by atoms with E-state index in [9.17, 15) is 0 Å². The number of nitrogens with zero attached hydrogens (tertiary/aromatic N) is 1. The highest BCUT2D eigenvalue weighted by Gasteiger charge is 2.34. The fourth-order valence-electron chi connectivity index (χ4n) is 4.19. The molecule has 2 aliphatic rings. The van der Waals surface area contributed by atoms with E-state index in [2.05, 4.69) is 24.1 Å². The van der Waals surface area contributed by atoms with Gasteiger partial charge in [-0.2, -0.15) is 0 Å². The summed E-state index contributed by atoms with van der Waals surface area (Å²) in [6.07, 6.45) is 8.19. The smallest absolute Gasteiger partial charge is 0.0491 e. The first-order valence-corrected chi connectivity index (χ1v) is 8.74. The molecule has 1 saturated carbocycles. The third kappa shape index (κ3) is 4.19. The average Bonchev–Trinajstić information content (AvgIpc) is 2.49. The van der Waals surface area contributed by atoms with E-state index in [4.69, 9.17) is 4.74 Å². The highest BCUT2D eigenvalue weighted by molar-refractivity contribution is 4.92. The normalized spacial score (nSPS) is 33.5. The molecule has 3 nitrogen and oxygen atoms in total. The van der Waals surface area contributed by atoms with Gasteiger partial charge in [-0.15, -0.1) is 0 Å². The van der Waals surface area contributed by atoms with Crippen LogP contribution < -0.4 is 5.32 Å². The van der Waals surface area contributed by atoms with Crippen molar-refractivity contribution >= 4 is 0 Å². The zero-order valence-electron chi connectivity index (χ0n) is 13.7. The lowest BCUT2D eigenvalue weighted by Gasteiger charge is -2.45. The van der Waals surface area contributed by atoms with Crippen LogP contribution in [0.25, 0.3) is 0 Å². The third-order valence-electron chi connectivity index (χ3n) is 5.49. The van der Waals surface area contributed by atoms with Gasteiger partial charge in [0, 0.05) is 25.8 Å². The number of piperidine rings is 1. The van der Waals surface area contributed by atoms with Crippen LogP contribution in [0.2, 0.25) is 0 Å². The lowest BCUT2D eigenvalue weighted by atomic mass is 9.79. The van der Waals surface area contributed by atoms with Gasteiger partial charge in [0.25, 0.3) is 0 Å². The Hall–Kier alpha value is -0.120. The van der Waals surface area contributed by atoms with E-state index in [1.165, 1.54) is 51.6 Å². The van der Waals surface area contributed by atoms with E-state index < -0.39 is 0 Å². The molecule has 3 unspecified atom stereocenters. The number of likely N-dealkylation sites (N-methyl/N-ethyl adjacent to an activating group) is 1. The fraction of sp³-hybridized carbons (Fsp3) is 1.00. The molecule has 1 heterocycles. The van der Waals surface area contributed by atoms with Crippen molar-refractivity contribution in [2.45, 2.75) is 64.5 Å². The van der Waals surface area contributed by atoms with Gasteiger partial charge < -0.3 is 10.1 Å². The SMILES string of the molecule is CCNC1CCC(CC)CC1N1CCC(COC)CC1. The van der Waals surface area contributed by atoms with E-state index in [1.807, 2.05) is 7.11 Å². The molecule has 0 aromatic heterocycles. The molecular weight excluding hydrogens is 248 g/mol. The highest BCUT2D eigenvalue weighted by atomic mass is 16.5. The Balaban J connectivity index is 1.89. The second-order valence-corrected chi connectivity index (χ2v) is 6.75. The summed E-state index contributed by atoms with van der Waals surface area (Å²) in [5.74, 6) is 1.74. The quantitative estimate of drug-likeness (QED) is 0.811. The molecule has 0 aromatic carbocycles. The van der Waals surface area contributed by atoms with Crippen molar-refractivity contribution in [3.63, 3.8) is 0 Å². The van der Waals surface area contributed by atoms with Gasteiger partial charge in [0.05, 0.1) is 0 Å². The number of rotatable bonds is 6. The Bertz CT molecular complexity index is 264. The molecule has 2 fully saturated rings. The van der Waals surface area contributed by atoms with Gasteiger partial charge in [0.1, 0.15) is 0 Å². The van der Waals surface area contributed by atoms with Crippen molar-refractivity contribution in [1.82, 2.24) is 10.2 Å². The Morgan fingerprint density at radius 3 is 2.40 bits per heavy atom. The maximum absolute atomic E-state index is 5.33. The Morgan fingerprint density at radius 1 is 1.05 bits per heavy atom. The molecule has 1 aliphatic heterocycles. The van der Waals surface area contributed by atoms with Crippen LogP contribution in [0.15, 0.2) is 0 Å². The van der Waals surface area contributed by atoms with Crippen molar-refractivity contribution in [2.24, 2.45) is 11.8 Å². The molecule has 3 heteroatoms. The standard InChI is InChI=1S/C17H34N2O/c1-4-14-6-7-16(18-5-2)17(12-14)19-10-8-15(9-11-19)13-20-3/h14-18H,4-13H2,1-3H3. The Morgan fingerprint density at radius 2 is 1.80 bits per heavy atom. The van der Waals surface area contributed by atoms with Crippen molar-refractivity contribution < 1.29 is 4.74 Å². The molecule has 20 heavy (non-hydrogen) atoms. The van der Waals surface area contributed by atoms with Gasteiger partial charge in [0.2, 0.25) is 0 Å². The number of nitrogens with one attached hydrogen (secondary N) is 1. The summed E-state index contributed by atoms with van der Waals surface area (Å²) in [5.41, 5.74) is 0. The van der Waals surface area contributed by atoms with Crippen molar-refractivity contribution in [3.05, 3.63) is 0 Å². The minimum atomic E-state index is 0.724. The zero-order valence-corrected chi connectivity index (χ0v) is 13.7. The molecule has 2 rings (SSSR count). The molecule has 1 aliphatic carbocycles. The van der Waals surface area contributed by atoms with Crippen LogP contribution in [0.5, 0.6) is 0 Å². The minimum Gasteiger partial charge on any atom is -0.384 e. The van der Waals surface area contributed by atoms with Crippen LogP contribution in [-0.4, -0.2) is 50.3 Å². The van der Waals surface area contributed by atoms with Crippen LogP contribution >= 0.6 is 0 Å². The molecule has 1 N–H and O–H groups in total. The van der Waals surface area contributed by atoms with Crippen molar-refractivity contribution in [3.8, 4) is 0 Å². The first-order chi connectivity index (χ1) is 9.78. The summed E-state index contributed by atoms with van der Waals surface area (Å²) in [6.45, 7) is 9.22. The van der Waals surface area contributed by atoms with Gasteiger partial charge in [-0.3, -0.25) is 4.90 Å². The van der Waals surface area contributed by atoms with Gasteiger partial charge in [0.15, 0.2) is 0 Å². The molecule has 0 amide bonds. The maximum Gasteiger partial charge on any atom is 0.0491 e. The van der Waals surface area contributed by atoms with Crippen molar-refractivity contribution in [2.75, 3.05) is 33.4 Å². The zero-order chi connectivity index (χ0) is 14.4. The van der Waals surface area contributed by atoms with Crippen LogP contribution in [0.4, 0.5) is 0 Å². The molecule has 0 spiro atoms. The first-order valence-electron chi connectivity index (χ1n) is 8.74. The van der Waals surface area contributed by atoms with Gasteiger partial charge in [-0.25, -0.2) is 0 Å².